The second-order valence-electron chi connectivity index (χ2n) is 2.45. The van der Waals surface area contributed by atoms with Gasteiger partial charge in [-0.2, -0.15) is 0 Å². The SMILES string of the molecule is CC1C(F)CNC1C=O.CO. The van der Waals surface area contributed by atoms with Gasteiger partial charge < -0.3 is 15.2 Å². The van der Waals surface area contributed by atoms with Crippen LogP contribution in [0.2, 0.25) is 0 Å². The zero-order valence-electron chi connectivity index (χ0n) is 6.75. The molecule has 4 heteroatoms. The van der Waals surface area contributed by atoms with Gasteiger partial charge in [0.2, 0.25) is 0 Å². The van der Waals surface area contributed by atoms with Crippen LogP contribution in [0.1, 0.15) is 6.92 Å². The van der Waals surface area contributed by atoms with Crippen molar-refractivity contribution in [2.75, 3.05) is 13.7 Å². The van der Waals surface area contributed by atoms with Crippen LogP contribution in [0, 0.1) is 5.92 Å². The van der Waals surface area contributed by atoms with Crippen molar-refractivity contribution in [1.29, 1.82) is 0 Å². The van der Waals surface area contributed by atoms with Crippen molar-refractivity contribution < 1.29 is 14.3 Å². The molecule has 0 amide bonds. The van der Waals surface area contributed by atoms with Crippen LogP contribution < -0.4 is 5.32 Å². The van der Waals surface area contributed by atoms with Gasteiger partial charge in [0.15, 0.2) is 0 Å². The summed E-state index contributed by atoms with van der Waals surface area (Å²) in [5.41, 5.74) is 0. The fourth-order valence-electron chi connectivity index (χ4n) is 1.02. The van der Waals surface area contributed by atoms with Crippen LogP contribution in [0.5, 0.6) is 0 Å². The Balaban J connectivity index is 0.000000461. The van der Waals surface area contributed by atoms with Gasteiger partial charge in [-0.05, 0) is 0 Å². The van der Waals surface area contributed by atoms with Crippen LogP contribution in [-0.2, 0) is 4.79 Å². The first kappa shape index (κ1) is 10.5. The third kappa shape index (κ3) is 2.55. The second-order valence-corrected chi connectivity index (χ2v) is 2.45. The average Bonchev–Trinajstić information content (AvgIpc) is 2.37. The number of aliphatic hydroxyl groups excluding tert-OH is 1. The van der Waals surface area contributed by atoms with Gasteiger partial charge in [0.1, 0.15) is 12.5 Å². The van der Waals surface area contributed by atoms with E-state index in [4.69, 9.17) is 5.11 Å². The first-order valence-electron chi connectivity index (χ1n) is 3.53. The maximum atomic E-state index is 12.5. The van der Waals surface area contributed by atoms with Gasteiger partial charge in [0.05, 0.1) is 6.04 Å². The highest BCUT2D eigenvalue weighted by molar-refractivity contribution is 5.59. The first-order valence-corrected chi connectivity index (χ1v) is 3.53. The van der Waals surface area contributed by atoms with Crippen LogP contribution in [0.15, 0.2) is 0 Å². The molecule has 0 aromatic heterocycles. The molecule has 0 radical (unpaired) electrons. The standard InChI is InChI=1S/C6H10FNO.CH4O/c1-4-5(7)2-8-6(4)3-9;1-2/h3-6,8H,2H2,1H3;2H,1H3. The zero-order chi connectivity index (χ0) is 8.85. The number of carbonyl (C=O) groups excluding carboxylic acids is 1. The molecule has 1 aliphatic heterocycles. The highest BCUT2D eigenvalue weighted by Crippen LogP contribution is 2.16. The largest absolute Gasteiger partial charge is 0.400 e. The molecule has 0 saturated carbocycles. The molecule has 3 atom stereocenters. The van der Waals surface area contributed by atoms with E-state index >= 15 is 0 Å². The molecule has 0 aromatic rings. The lowest BCUT2D eigenvalue weighted by Crippen LogP contribution is -2.27. The number of rotatable bonds is 1. The fourth-order valence-corrected chi connectivity index (χ4v) is 1.02. The van der Waals surface area contributed by atoms with E-state index in [0.717, 1.165) is 13.4 Å². The molecule has 0 bridgehead atoms. The number of halogens is 1. The van der Waals surface area contributed by atoms with Crippen LogP contribution in [0.3, 0.4) is 0 Å². The fraction of sp³-hybridized carbons (Fsp3) is 0.857. The third-order valence-corrected chi connectivity index (χ3v) is 1.83. The predicted octanol–water partition coefficient (Wildman–Crippen LogP) is -0.260. The predicted molar refractivity (Wildman–Crippen MR) is 40.1 cm³/mol. The summed E-state index contributed by atoms with van der Waals surface area (Å²) in [6.07, 6.45) is -0.0789. The van der Waals surface area contributed by atoms with E-state index in [9.17, 15) is 9.18 Å². The van der Waals surface area contributed by atoms with E-state index in [1.807, 2.05) is 0 Å². The summed E-state index contributed by atoms with van der Waals surface area (Å²) >= 11 is 0. The summed E-state index contributed by atoms with van der Waals surface area (Å²) in [4.78, 5) is 10.1. The molecule has 11 heavy (non-hydrogen) atoms. The lowest BCUT2D eigenvalue weighted by atomic mass is 10.0. The highest BCUT2D eigenvalue weighted by Gasteiger charge is 2.31. The normalized spacial score (nSPS) is 35.8. The van der Waals surface area contributed by atoms with Gasteiger partial charge in [0, 0.05) is 19.6 Å². The van der Waals surface area contributed by atoms with Gasteiger partial charge in [-0.3, -0.25) is 0 Å². The van der Waals surface area contributed by atoms with Crippen molar-refractivity contribution in [2.45, 2.75) is 19.1 Å². The minimum absolute atomic E-state index is 0.150. The molecule has 1 fully saturated rings. The number of hydrogen-bond acceptors (Lipinski definition) is 3. The molecule has 0 aromatic carbocycles. The van der Waals surface area contributed by atoms with Gasteiger partial charge in [-0.25, -0.2) is 4.39 Å². The Labute approximate surface area is 65.6 Å². The van der Waals surface area contributed by atoms with E-state index in [2.05, 4.69) is 5.32 Å². The molecule has 66 valence electrons. The minimum Gasteiger partial charge on any atom is -0.400 e. The molecule has 1 aliphatic rings. The van der Waals surface area contributed by atoms with E-state index < -0.39 is 6.17 Å². The minimum atomic E-state index is -0.847. The van der Waals surface area contributed by atoms with Gasteiger partial charge in [-0.15, -0.1) is 0 Å². The summed E-state index contributed by atoms with van der Waals surface area (Å²) < 4.78 is 12.5. The summed E-state index contributed by atoms with van der Waals surface area (Å²) in [6.45, 7) is 2.06. The van der Waals surface area contributed by atoms with Crippen LogP contribution in [0.25, 0.3) is 0 Å². The van der Waals surface area contributed by atoms with Crippen LogP contribution in [0.4, 0.5) is 4.39 Å². The van der Waals surface area contributed by atoms with Crippen molar-refractivity contribution in [3.8, 4) is 0 Å². The number of carbonyl (C=O) groups is 1. The lowest BCUT2D eigenvalue weighted by Gasteiger charge is -2.06. The second kappa shape index (κ2) is 5.21. The summed E-state index contributed by atoms with van der Waals surface area (Å²) in [6, 6.07) is -0.264. The molecule has 3 unspecified atom stereocenters. The third-order valence-electron chi connectivity index (χ3n) is 1.83. The van der Waals surface area contributed by atoms with E-state index in [-0.39, 0.29) is 12.0 Å². The van der Waals surface area contributed by atoms with Crippen molar-refractivity contribution in [1.82, 2.24) is 5.32 Å². The topological polar surface area (TPSA) is 49.3 Å². The number of aliphatic hydroxyl groups is 1. The number of alkyl halides is 1. The van der Waals surface area contributed by atoms with Crippen molar-refractivity contribution in [3.05, 3.63) is 0 Å². The number of nitrogens with one attached hydrogen (secondary N) is 1. The smallest absolute Gasteiger partial charge is 0.137 e. The molecule has 0 aliphatic carbocycles. The maximum absolute atomic E-state index is 12.5. The first-order chi connectivity index (χ1) is 5.25. The van der Waals surface area contributed by atoms with E-state index in [1.165, 1.54) is 0 Å². The number of aldehydes is 1. The molecule has 1 saturated heterocycles. The average molecular weight is 163 g/mol. The van der Waals surface area contributed by atoms with Gasteiger partial charge in [-0.1, -0.05) is 6.92 Å². The number of hydrogen-bond donors (Lipinski definition) is 2. The monoisotopic (exact) mass is 163 g/mol. The van der Waals surface area contributed by atoms with Gasteiger partial charge >= 0.3 is 0 Å². The van der Waals surface area contributed by atoms with Gasteiger partial charge in [0.25, 0.3) is 0 Å². The van der Waals surface area contributed by atoms with Crippen LogP contribution in [-0.4, -0.2) is 37.3 Å². The van der Waals surface area contributed by atoms with E-state index in [0.29, 0.717) is 6.54 Å². The Bertz CT molecular complexity index is 121. The molecule has 1 heterocycles. The summed E-state index contributed by atoms with van der Waals surface area (Å²) in [5.74, 6) is -0.150. The van der Waals surface area contributed by atoms with Crippen molar-refractivity contribution in [2.24, 2.45) is 5.92 Å². The highest BCUT2D eigenvalue weighted by atomic mass is 19.1. The Morgan fingerprint density at radius 2 is 2.18 bits per heavy atom. The van der Waals surface area contributed by atoms with Crippen LogP contribution >= 0.6 is 0 Å². The lowest BCUT2D eigenvalue weighted by molar-refractivity contribution is -0.110. The molecule has 3 nitrogen and oxygen atoms in total. The maximum Gasteiger partial charge on any atom is 0.137 e. The zero-order valence-corrected chi connectivity index (χ0v) is 6.75. The molecular weight excluding hydrogens is 149 g/mol. The summed E-state index contributed by atoms with van der Waals surface area (Å²) in [5, 5.41) is 9.76. The Morgan fingerprint density at radius 3 is 2.36 bits per heavy atom. The van der Waals surface area contributed by atoms with E-state index in [1.54, 1.807) is 6.92 Å². The summed E-state index contributed by atoms with van der Waals surface area (Å²) in [7, 11) is 1.00. The molecular formula is C7H14FNO2. The molecule has 0 spiro atoms. The quantitative estimate of drug-likeness (QED) is 0.524. The van der Waals surface area contributed by atoms with Crippen molar-refractivity contribution in [3.63, 3.8) is 0 Å². The Morgan fingerprint density at radius 1 is 1.64 bits per heavy atom. The molecule has 2 N–H and O–H groups in total. The Kier molecular flexibility index (Phi) is 4.98. The molecule has 1 rings (SSSR count). The Hall–Kier alpha value is -0.480. The van der Waals surface area contributed by atoms with Crippen molar-refractivity contribution >= 4 is 6.29 Å².